The van der Waals surface area contributed by atoms with Crippen molar-refractivity contribution in [3.63, 3.8) is 0 Å². The van der Waals surface area contributed by atoms with Crippen LogP contribution in [0.15, 0.2) is 66.7 Å². The van der Waals surface area contributed by atoms with Gasteiger partial charge in [-0.1, -0.05) is 42.5 Å². The van der Waals surface area contributed by atoms with Crippen LogP contribution in [-0.2, 0) is 7.05 Å². The first-order valence-electron chi connectivity index (χ1n) is 7.95. The molecule has 0 aliphatic rings. The van der Waals surface area contributed by atoms with E-state index in [4.69, 9.17) is 10.8 Å². The van der Waals surface area contributed by atoms with Crippen LogP contribution >= 0.6 is 0 Å². The number of nitrogens with two attached hydrogens (primary N) is 1. The number of benzene rings is 3. The smallest absolute Gasteiger partial charge is 0.161 e. The van der Waals surface area contributed by atoms with Crippen LogP contribution in [0.3, 0.4) is 0 Å². The molecule has 24 heavy (non-hydrogen) atoms. The Morgan fingerprint density at radius 3 is 2.33 bits per heavy atom. The monoisotopic (exact) mass is 312 g/mol. The first-order valence-corrected chi connectivity index (χ1v) is 7.95. The lowest BCUT2D eigenvalue weighted by molar-refractivity contribution is 1.00. The second-order valence-corrected chi connectivity index (χ2v) is 6.07. The zero-order chi connectivity index (χ0) is 16.3. The molecule has 0 aliphatic heterocycles. The van der Waals surface area contributed by atoms with Crippen molar-refractivity contribution in [2.45, 2.75) is 0 Å². The molecule has 0 unspecified atom stereocenters. The van der Waals surface area contributed by atoms with Gasteiger partial charge in [0.25, 0.3) is 0 Å². The quantitative estimate of drug-likeness (QED) is 0.474. The molecule has 0 atom stereocenters. The molecule has 0 spiro atoms. The van der Waals surface area contributed by atoms with Gasteiger partial charge in [-0.25, -0.2) is 9.66 Å². The van der Waals surface area contributed by atoms with Crippen LogP contribution in [0.5, 0.6) is 0 Å². The van der Waals surface area contributed by atoms with Gasteiger partial charge in [0, 0.05) is 28.9 Å². The van der Waals surface area contributed by atoms with Crippen molar-refractivity contribution in [2.24, 2.45) is 7.05 Å². The summed E-state index contributed by atoms with van der Waals surface area (Å²) in [5.74, 6) is 7.14. The maximum atomic E-state index is 6.35. The average molecular weight is 312 g/mol. The predicted molar refractivity (Wildman–Crippen MR) is 99.3 cm³/mol. The second kappa shape index (κ2) is 4.61. The van der Waals surface area contributed by atoms with E-state index in [1.807, 2.05) is 24.3 Å². The van der Waals surface area contributed by atoms with Gasteiger partial charge in [-0.2, -0.15) is 0 Å². The maximum Gasteiger partial charge on any atom is 0.161 e. The number of fused-ring (bicyclic) bond motifs is 4. The topological polar surface area (TPSA) is 48.8 Å². The summed E-state index contributed by atoms with van der Waals surface area (Å²) in [5.41, 5.74) is 5.25. The van der Waals surface area contributed by atoms with E-state index >= 15 is 0 Å². The normalized spacial score (nSPS) is 11.7. The van der Waals surface area contributed by atoms with E-state index in [2.05, 4.69) is 54.1 Å². The van der Waals surface area contributed by atoms with Crippen molar-refractivity contribution in [1.29, 1.82) is 0 Å². The van der Waals surface area contributed by atoms with Crippen LogP contribution < -0.4 is 5.84 Å². The summed E-state index contributed by atoms with van der Waals surface area (Å²) in [7, 11) is 2.09. The number of hydrogen-bond donors (Lipinski definition) is 1. The molecular formula is C20H16N4. The SMILES string of the molecule is Cn1c2ccccc2c2cccc(-c3nc4ccccc4n3N)c21. The van der Waals surface area contributed by atoms with Gasteiger partial charge in [-0.05, 0) is 24.3 Å². The number of para-hydroxylation sites is 4. The lowest BCUT2D eigenvalue weighted by Gasteiger charge is -2.07. The maximum absolute atomic E-state index is 6.35. The minimum absolute atomic E-state index is 0.785. The highest BCUT2D eigenvalue weighted by Gasteiger charge is 2.17. The molecule has 0 saturated heterocycles. The zero-order valence-corrected chi connectivity index (χ0v) is 13.3. The Morgan fingerprint density at radius 2 is 1.50 bits per heavy atom. The molecule has 116 valence electrons. The molecule has 5 rings (SSSR count). The molecule has 2 heterocycles. The minimum atomic E-state index is 0.785. The Labute approximate surface area is 138 Å². The van der Waals surface area contributed by atoms with Gasteiger partial charge in [-0.3, -0.25) is 0 Å². The van der Waals surface area contributed by atoms with Gasteiger partial charge in [0.05, 0.1) is 16.6 Å². The third-order valence-electron chi connectivity index (χ3n) is 4.76. The summed E-state index contributed by atoms with van der Waals surface area (Å²) in [6.45, 7) is 0. The van der Waals surface area contributed by atoms with Crippen LogP contribution in [0, 0.1) is 0 Å². The molecule has 3 aromatic carbocycles. The number of nitrogens with zero attached hydrogens (tertiary/aromatic N) is 3. The largest absolute Gasteiger partial charge is 0.343 e. The van der Waals surface area contributed by atoms with Crippen molar-refractivity contribution in [3.05, 3.63) is 66.7 Å². The van der Waals surface area contributed by atoms with Crippen LogP contribution in [0.1, 0.15) is 0 Å². The van der Waals surface area contributed by atoms with Gasteiger partial charge in [0.15, 0.2) is 5.82 Å². The molecule has 4 heteroatoms. The standard InChI is InChI=1S/C20H16N4/c1-23-17-11-4-2-7-13(17)14-8-6-9-15(19(14)23)20-22-16-10-3-5-12-18(16)24(20)21/h2-12H,21H2,1H3. The summed E-state index contributed by atoms with van der Waals surface area (Å²) in [5, 5.41) is 2.47. The second-order valence-electron chi connectivity index (χ2n) is 6.07. The highest BCUT2D eigenvalue weighted by Crippen LogP contribution is 2.35. The fourth-order valence-electron chi connectivity index (χ4n) is 3.65. The van der Waals surface area contributed by atoms with Gasteiger partial charge in [0.2, 0.25) is 0 Å². The number of hydrogen-bond acceptors (Lipinski definition) is 2. The van der Waals surface area contributed by atoms with Crippen LogP contribution in [0.2, 0.25) is 0 Å². The molecular weight excluding hydrogens is 296 g/mol. The lowest BCUT2D eigenvalue weighted by Crippen LogP contribution is -2.10. The zero-order valence-electron chi connectivity index (χ0n) is 13.3. The number of aryl methyl sites for hydroxylation is 1. The van der Waals surface area contributed by atoms with Crippen molar-refractivity contribution in [2.75, 3.05) is 5.84 Å². The first-order chi connectivity index (χ1) is 11.8. The van der Waals surface area contributed by atoms with E-state index in [9.17, 15) is 0 Å². The summed E-state index contributed by atoms with van der Waals surface area (Å²) < 4.78 is 3.90. The molecule has 0 bridgehead atoms. The van der Waals surface area contributed by atoms with Gasteiger partial charge < -0.3 is 10.4 Å². The Bertz CT molecular complexity index is 1230. The number of rotatable bonds is 1. The van der Waals surface area contributed by atoms with Gasteiger partial charge in [-0.15, -0.1) is 0 Å². The molecule has 0 amide bonds. The van der Waals surface area contributed by atoms with E-state index < -0.39 is 0 Å². The van der Waals surface area contributed by atoms with Crippen molar-refractivity contribution >= 4 is 32.8 Å². The molecule has 2 N–H and O–H groups in total. The third-order valence-corrected chi connectivity index (χ3v) is 4.76. The van der Waals surface area contributed by atoms with Gasteiger partial charge >= 0.3 is 0 Å². The van der Waals surface area contributed by atoms with Crippen LogP contribution in [0.4, 0.5) is 0 Å². The Kier molecular flexibility index (Phi) is 2.54. The fraction of sp³-hybridized carbons (Fsp3) is 0.0500. The molecule has 0 fully saturated rings. The summed E-state index contributed by atoms with van der Waals surface area (Å²) in [4.78, 5) is 4.77. The summed E-state index contributed by atoms with van der Waals surface area (Å²) in [6, 6.07) is 22.7. The molecule has 5 aromatic rings. The molecule has 2 aromatic heterocycles. The van der Waals surface area contributed by atoms with Crippen molar-refractivity contribution in [3.8, 4) is 11.4 Å². The van der Waals surface area contributed by atoms with Crippen molar-refractivity contribution < 1.29 is 0 Å². The summed E-state index contributed by atoms with van der Waals surface area (Å²) >= 11 is 0. The van der Waals surface area contributed by atoms with E-state index in [1.54, 1.807) is 4.68 Å². The predicted octanol–water partition coefficient (Wildman–Crippen LogP) is 4.06. The third kappa shape index (κ3) is 1.60. The first kappa shape index (κ1) is 13.2. The van der Waals surface area contributed by atoms with E-state index in [1.165, 1.54) is 16.3 Å². The minimum Gasteiger partial charge on any atom is -0.343 e. The Balaban J connectivity index is 1.94. The van der Waals surface area contributed by atoms with Crippen molar-refractivity contribution in [1.82, 2.24) is 14.2 Å². The molecule has 0 radical (unpaired) electrons. The van der Waals surface area contributed by atoms with E-state index in [0.29, 0.717) is 0 Å². The lowest BCUT2D eigenvalue weighted by atomic mass is 10.1. The fourth-order valence-corrected chi connectivity index (χ4v) is 3.65. The number of aromatic nitrogens is 3. The number of nitrogen functional groups attached to an aromatic ring is 1. The molecule has 0 aliphatic carbocycles. The van der Waals surface area contributed by atoms with Crippen LogP contribution in [-0.4, -0.2) is 14.2 Å². The van der Waals surface area contributed by atoms with Crippen LogP contribution in [0.25, 0.3) is 44.2 Å². The Morgan fingerprint density at radius 1 is 0.792 bits per heavy atom. The highest BCUT2D eigenvalue weighted by molar-refractivity contribution is 6.12. The highest BCUT2D eigenvalue weighted by atomic mass is 15.3. The molecule has 0 saturated carbocycles. The molecule has 4 nitrogen and oxygen atoms in total. The van der Waals surface area contributed by atoms with E-state index in [-0.39, 0.29) is 0 Å². The average Bonchev–Trinajstić information content (AvgIpc) is 3.12. The van der Waals surface area contributed by atoms with Gasteiger partial charge in [0.1, 0.15) is 0 Å². The Hall–Kier alpha value is -3.27. The number of imidazole rings is 1. The van der Waals surface area contributed by atoms with E-state index in [0.717, 1.165) is 27.9 Å². The summed E-state index contributed by atoms with van der Waals surface area (Å²) in [6.07, 6.45) is 0.